The highest BCUT2D eigenvalue weighted by atomic mass is 19.1. The Labute approximate surface area is 103 Å². The van der Waals surface area contributed by atoms with E-state index in [0.29, 0.717) is 0 Å². The summed E-state index contributed by atoms with van der Waals surface area (Å²) in [6.07, 6.45) is 6.51. The van der Waals surface area contributed by atoms with Crippen LogP contribution < -0.4 is 5.73 Å². The molecule has 0 unspecified atom stereocenters. The van der Waals surface area contributed by atoms with Gasteiger partial charge in [-0.1, -0.05) is 31.7 Å². The van der Waals surface area contributed by atoms with Gasteiger partial charge in [0.1, 0.15) is 5.82 Å². The van der Waals surface area contributed by atoms with Crippen LogP contribution in [0.5, 0.6) is 0 Å². The van der Waals surface area contributed by atoms with Gasteiger partial charge < -0.3 is 5.73 Å². The van der Waals surface area contributed by atoms with E-state index in [1.165, 1.54) is 12.8 Å². The zero-order valence-corrected chi connectivity index (χ0v) is 10.9. The molecule has 1 aromatic rings. The molecular weight excluding hydrogens is 213 g/mol. The molecule has 0 atom stereocenters. The monoisotopic (exact) mass is 235 g/mol. The standard InChI is InChI=1S/C15H22FN/c1-11-9-12(2)14(13(16)10-11)15(17)7-5-3-4-6-8-15/h9-10H,3-8,17H2,1-2H3. The first-order valence-corrected chi connectivity index (χ1v) is 6.59. The third-order valence-corrected chi connectivity index (χ3v) is 3.93. The highest BCUT2D eigenvalue weighted by molar-refractivity contribution is 5.37. The normalized spacial score (nSPS) is 20.0. The van der Waals surface area contributed by atoms with Crippen molar-refractivity contribution in [1.29, 1.82) is 0 Å². The molecule has 2 rings (SSSR count). The largest absolute Gasteiger partial charge is 0.321 e. The van der Waals surface area contributed by atoms with Crippen molar-refractivity contribution in [1.82, 2.24) is 0 Å². The highest BCUT2D eigenvalue weighted by Gasteiger charge is 2.32. The van der Waals surface area contributed by atoms with Crippen LogP contribution in [-0.4, -0.2) is 0 Å². The van der Waals surface area contributed by atoms with Gasteiger partial charge in [0.25, 0.3) is 0 Å². The van der Waals surface area contributed by atoms with Crippen LogP contribution in [0.3, 0.4) is 0 Å². The Morgan fingerprint density at radius 3 is 2.18 bits per heavy atom. The van der Waals surface area contributed by atoms with Gasteiger partial charge in [-0.3, -0.25) is 0 Å². The molecule has 17 heavy (non-hydrogen) atoms. The molecule has 1 fully saturated rings. The van der Waals surface area contributed by atoms with E-state index in [-0.39, 0.29) is 5.82 Å². The molecule has 0 radical (unpaired) electrons. The van der Waals surface area contributed by atoms with Crippen LogP contribution in [0.4, 0.5) is 4.39 Å². The molecule has 1 saturated carbocycles. The van der Waals surface area contributed by atoms with Gasteiger partial charge in [0.2, 0.25) is 0 Å². The minimum atomic E-state index is -0.446. The Morgan fingerprint density at radius 1 is 1.06 bits per heavy atom. The predicted molar refractivity (Wildman–Crippen MR) is 69.4 cm³/mol. The van der Waals surface area contributed by atoms with Crippen molar-refractivity contribution in [2.45, 2.75) is 57.9 Å². The molecule has 2 heteroatoms. The number of hydrogen-bond donors (Lipinski definition) is 1. The molecule has 0 amide bonds. The quantitative estimate of drug-likeness (QED) is 0.733. The Kier molecular flexibility index (Phi) is 3.53. The van der Waals surface area contributed by atoms with Gasteiger partial charge in [0.15, 0.2) is 0 Å². The zero-order chi connectivity index (χ0) is 12.5. The fraction of sp³-hybridized carbons (Fsp3) is 0.600. The first-order chi connectivity index (χ1) is 8.03. The van der Waals surface area contributed by atoms with Gasteiger partial charge >= 0.3 is 0 Å². The molecule has 0 aromatic heterocycles. The second-order valence-corrected chi connectivity index (χ2v) is 5.51. The summed E-state index contributed by atoms with van der Waals surface area (Å²) < 4.78 is 14.2. The summed E-state index contributed by atoms with van der Waals surface area (Å²) in [5, 5.41) is 0. The summed E-state index contributed by atoms with van der Waals surface area (Å²) in [4.78, 5) is 0. The molecule has 0 saturated heterocycles. The molecule has 94 valence electrons. The highest BCUT2D eigenvalue weighted by Crippen LogP contribution is 2.37. The van der Waals surface area contributed by atoms with Crippen molar-refractivity contribution in [3.63, 3.8) is 0 Å². The zero-order valence-electron chi connectivity index (χ0n) is 10.9. The van der Waals surface area contributed by atoms with Gasteiger partial charge in [-0.15, -0.1) is 0 Å². The van der Waals surface area contributed by atoms with E-state index in [1.54, 1.807) is 6.07 Å². The lowest BCUT2D eigenvalue weighted by atomic mass is 9.81. The second kappa shape index (κ2) is 4.77. The lowest BCUT2D eigenvalue weighted by Crippen LogP contribution is -2.37. The number of nitrogens with two attached hydrogens (primary N) is 1. The van der Waals surface area contributed by atoms with Gasteiger partial charge in [0, 0.05) is 11.1 Å². The predicted octanol–water partition coefficient (Wildman–Crippen LogP) is 3.95. The Balaban J connectivity index is 2.44. The maximum Gasteiger partial charge on any atom is 0.128 e. The van der Waals surface area contributed by atoms with Crippen LogP contribution in [0, 0.1) is 19.7 Å². The first kappa shape index (κ1) is 12.6. The van der Waals surface area contributed by atoms with Crippen LogP contribution in [0.1, 0.15) is 55.2 Å². The summed E-state index contributed by atoms with van der Waals surface area (Å²) in [5.74, 6) is -0.119. The van der Waals surface area contributed by atoms with Crippen molar-refractivity contribution in [3.8, 4) is 0 Å². The van der Waals surface area contributed by atoms with Crippen LogP contribution in [0.2, 0.25) is 0 Å². The third-order valence-electron chi connectivity index (χ3n) is 3.93. The van der Waals surface area contributed by atoms with E-state index >= 15 is 0 Å². The Bertz CT molecular complexity index is 380. The lowest BCUT2D eigenvalue weighted by Gasteiger charge is -2.31. The minimum Gasteiger partial charge on any atom is -0.321 e. The topological polar surface area (TPSA) is 26.0 Å². The number of benzene rings is 1. The molecule has 0 bridgehead atoms. The van der Waals surface area contributed by atoms with Gasteiger partial charge in [-0.25, -0.2) is 4.39 Å². The Morgan fingerprint density at radius 2 is 1.65 bits per heavy atom. The van der Waals surface area contributed by atoms with Gasteiger partial charge in [-0.2, -0.15) is 0 Å². The summed E-state index contributed by atoms with van der Waals surface area (Å²) in [5.41, 5.74) is 8.78. The summed E-state index contributed by atoms with van der Waals surface area (Å²) in [6, 6.07) is 3.65. The molecule has 0 heterocycles. The van der Waals surface area contributed by atoms with E-state index < -0.39 is 5.54 Å². The molecule has 1 nitrogen and oxygen atoms in total. The van der Waals surface area contributed by atoms with Gasteiger partial charge in [-0.05, 0) is 43.9 Å². The average molecular weight is 235 g/mol. The minimum absolute atomic E-state index is 0.119. The molecular formula is C15H22FN. The number of hydrogen-bond acceptors (Lipinski definition) is 1. The smallest absolute Gasteiger partial charge is 0.128 e. The number of halogens is 1. The molecule has 1 aliphatic carbocycles. The van der Waals surface area contributed by atoms with Crippen molar-refractivity contribution < 1.29 is 4.39 Å². The molecule has 1 aromatic carbocycles. The van der Waals surface area contributed by atoms with Crippen LogP contribution in [0.25, 0.3) is 0 Å². The fourth-order valence-corrected chi connectivity index (χ4v) is 3.16. The van der Waals surface area contributed by atoms with E-state index in [9.17, 15) is 4.39 Å². The molecule has 1 aliphatic rings. The Hall–Kier alpha value is -0.890. The second-order valence-electron chi connectivity index (χ2n) is 5.51. The van der Waals surface area contributed by atoms with Crippen LogP contribution in [-0.2, 0) is 5.54 Å². The number of rotatable bonds is 1. The average Bonchev–Trinajstić information content (AvgIpc) is 2.41. The third kappa shape index (κ3) is 2.52. The summed E-state index contributed by atoms with van der Waals surface area (Å²) in [6.45, 7) is 3.90. The van der Waals surface area contributed by atoms with Crippen molar-refractivity contribution in [2.24, 2.45) is 5.73 Å². The maximum absolute atomic E-state index is 14.2. The van der Waals surface area contributed by atoms with Gasteiger partial charge in [0.05, 0.1) is 0 Å². The SMILES string of the molecule is Cc1cc(C)c(C2(N)CCCCCC2)c(F)c1. The molecule has 0 aliphatic heterocycles. The van der Waals surface area contributed by atoms with Crippen LogP contribution in [0.15, 0.2) is 12.1 Å². The molecule has 2 N–H and O–H groups in total. The first-order valence-electron chi connectivity index (χ1n) is 6.59. The molecule has 0 spiro atoms. The van der Waals surface area contributed by atoms with Crippen molar-refractivity contribution >= 4 is 0 Å². The van der Waals surface area contributed by atoms with E-state index in [0.717, 1.165) is 42.4 Å². The van der Waals surface area contributed by atoms with Crippen LogP contribution >= 0.6 is 0 Å². The van der Waals surface area contributed by atoms with E-state index in [4.69, 9.17) is 5.73 Å². The summed E-state index contributed by atoms with van der Waals surface area (Å²) >= 11 is 0. The van der Waals surface area contributed by atoms with Crippen molar-refractivity contribution in [3.05, 3.63) is 34.6 Å². The maximum atomic E-state index is 14.2. The van der Waals surface area contributed by atoms with Crippen molar-refractivity contribution in [2.75, 3.05) is 0 Å². The van der Waals surface area contributed by atoms with E-state index in [1.807, 2.05) is 19.9 Å². The fourth-order valence-electron chi connectivity index (χ4n) is 3.16. The summed E-state index contributed by atoms with van der Waals surface area (Å²) in [7, 11) is 0. The van der Waals surface area contributed by atoms with E-state index in [2.05, 4.69) is 0 Å². The lowest BCUT2D eigenvalue weighted by molar-refractivity contribution is 0.366. The number of aryl methyl sites for hydroxylation is 2.